The molecule has 0 spiro atoms. The van der Waals surface area contributed by atoms with E-state index in [4.69, 9.17) is 0 Å². The molecule has 2 atom stereocenters. The zero-order valence-corrected chi connectivity index (χ0v) is 19.3. The van der Waals surface area contributed by atoms with Crippen molar-refractivity contribution >= 4 is 51.2 Å². The highest BCUT2D eigenvalue weighted by Gasteiger charge is 2.30. The van der Waals surface area contributed by atoms with Crippen molar-refractivity contribution in [3.05, 3.63) is 40.0 Å². The monoisotopic (exact) mass is 497 g/mol. The van der Waals surface area contributed by atoms with Gasteiger partial charge in [-0.25, -0.2) is 9.89 Å². The third kappa shape index (κ3) is 5.82. The molecule has 0 fully saturated rings. The summed E-state index contributed by atoms with van der Waals surface area (Å²) in [5, 5.41) is 22.3. The molecule has 1 aromatic carbocycles. The highest BCUT2D eigenvalue weighted by molar-refractivity contribution is 9.10. The van der Waals surface area contributed by atoms with Crippen LogP contribution in [0.2, 0.25) is 0 Å². The molecule has 0 radical (unpaired) electrons. The minimum absolute atomic E-state index is 0.0863. The number of halogens is 1. The van der Waals surface area contributed by atoms with Crippen molar-refractivity contribution < 1.29 is 19.5 Å². The Morgan fingerprint density at radius 3 is 2.53 bits per heavy atom. The molecule has 0 saturated carbocycles. The highest BCUT2D eigenvalue weighted by Crippen LogP contribution is 2.22. The Morgan fingerprint density at radius 2 is 1.97 bits per heavy atom. The molecule has 2 rings (SSSR count). The third-order valence-corrected chi connectivity index (χ3v) is 5.76. The lowest BCUT2D eigenvalue weighted by molar-refractivity contribution is -0.142. The molecular weight excluding hydrogens is 474 g/mol. The second-order valence-corrected chi connectivity index (χ2v) is 8.46. The molecule has 0 aliphatic heterocycles. The van der Waals surface area contributed by atoms with Gasteiger partial charge in [0.25, 0.3) is 0 Å². The first kappa shape index (κ1) is 23.9. The van der Waals surface area contributed by atoms with E-state index in [-0.39, 0.29) is 11.5 Å². The van der Waals surface area contributed by atoms with Crippen molar-refractivity contribution in [2.24, 2.45) is 0 Å². The van der Waals surface area contributed by atoms with Crippen LogP contribution in [0, 0.1) is 0 Å². The fourth-order valence-electron chi connectivity index (χ4n) is 2.91. The number of thioether (sulfide) groups is 1. The number of carbonyl (C=O) groups excluding carboxylic acids is 2. The number of hydrogen-bond donors (Lipinski definition) is 3. The number of anilines is 1. The summed E-state index contributed by atoms with van der Waals surface area (Å²) in [5.74, 6) is -0.952. The van der Waals surface area contributed by atoms with Crippen LogP contribution in [0.25, 0.3) is 0 Å². The lowest BCUT2D eigenvalue weighted by atomic mass is 10.1. The molecule has 30 heavy (non-hydrogen) atoms. The van der Waals surface area contributed by atoms with Crippen LogP contribution in [-0.4, -0.2) is 69.3 Å². The Labute approximate surface area is 187 Å². The Balaban J connectivity index is 2.21. The molecule has 162 valence electrons. The normalized spacial score (nSPS) is 12.8. The number of hydrogen-bond acceptors (Lipinski definition) is 7. The molecular formula is C19H24BrN5O4S. The maximum Gasteiger partial charge on any atom is 0.326 e. The number of aliphatic carboxylic acids is 1. The van der Waals surface area contributed by atoms with Crippen LogP contribution in [-0.2, 0) is 9.59 Å². The number of carboxylic acid groups (broad SMARTS) is 1. The summed E-state index contributed by atoms with van der Waals surface area (Å²) >= 11 is 4.84. The number of rotatable bonds is 11. The summed E-state index contributed by atoms with van der Waals surface area (Å²) in [6, 6.07) is 5.14. The Hall–Kier alpha value is -2.40. The Morgan fingerprint density at radius 1 is 1.30 bits per heavy atom. The first-order valence-electron chi connectivity index (χ1n) is 9.26. The molecule has 3 N–H and O–H groups in total. The summed E-state index contributed by atoms with van der Waals surface area (Å²) in [7, 11) is 1.64. The fourth-order valence-corrected chi connectivity index (χ4v) is 3.65. The van der Waals surface area contributed by atoms with E-state index in [2.05, 4.69) is 36.7 Å². The maximum absolute atomic E-state index is 12.9. The molecule has 0 aliphatic carbocycles. The van der Waals surface area contributed by atoms with Gasteiger partial charge in [0.15, 0.2) is 11.5 Å². The van der Waals surface area contributed by atoms with Crippen molar-refractivity contribution in [3.8, 4) is 0 Å². The number of aromatic amines is 1. The molecule has 0 saturated heterocycles. The number of H-pyrrole nitrogens is 1. The van der Waals surface area contributed by atoms with Gasteiger partial charge in [0, 0.05) is 17.1 Å². The molecule has 0 bridgehead atoms. The molecule has 1 aromatic heterocycles. The number of aromatic nitrogens is 3. The van der Waals surface area contributed by atoms with Crippen LogP contribution in [0.1, 0.15) is 35.8 Å². The van der Waals surface area contributed by atoms with Crippen LogP contribution in [0.5, 0.6) is 0 Å². The average Bonchev–Trinajstić information content (AvgIpc) is 3.21. The molecule has 1 unspecified atom stereocenters. The average molecular weight is 498 g/mol. The van der Waals surface area contributed by atoms with Gasteiger partial charge in [-0.3, -0.25) is 9.59 Å². The number of nitrogens with zero attached hydrogens (tertiary/aromatic N) is 3. The first-order chi connectivity index (χ1) is 14.3. The van der Waals surface area contributed by atoms with Crippen LogP contribution in [0.3, 0.4) is 0 Å². The molecule has 1 heterocycles. The lowest BCUT2D eigenvalue weighted by Gasteiger charge is -2.28. The van der Waals surface area contributed by atoms with Gasteiger partial charge in [0.1, 0.15) is 12.1 Å². The second-order valence-electron chi connectivity index (χ2n) is 6.56. The van der Waals surface area contributed by atoms with Gasteiger partial charge in [-0.05, 0) is 49.1 Å². The van der Waals surface area contributed by atoms with Crippen LogP contribution in [0.15, 0.2) is 28.7 Å². The first-order valence-corrected chi connectivity index (χ1v) is 11.4. The quantitative estimate of drug-likeness (QED) is 0.403. The number of carbonyl (C=O) groups is 3. The van der Waals surface area contributed by atoms with Gasteiger partial charge < -0.3 is 15.3 Å². The van der Waals surface area contributed by atoms with E-state index >= 15 is 0 Å². The van der Waals surface area contributed by atoms with Gasteiger partial charge >= 0.3 is 5.97 Å². The van der Waals surface area contributed by atoms with Crippen LogP contribution >= 0.6 is 27.7 Å². The Bertz CT molecular complexity index is 889. The van der Waals surface area contributed by atoms with Gasteiger partial charge in [0.2, 0.25) is 11.7 Å². The van der Waals surface area contributed by atoms with E-state index < -0.39 is 24.0 Å². The summed E-state index contributed by atoms with van der Waals surface area (Å²) < 4.78 is 0.841. The maximum atomic E-state index is 12.9. The molecule has 2 aromatic rings. The summed E-state index contributed by atoms with van der Waals surface area (Å²) in [6.07, 6.45) is 2.59. The SMILES string of the molecule is CCC(C(=O)N[C@@H](CCSC)C(=O)O)N(C)c1[nH]nnc1C(=O)c1ccc(Br)cc1. The fraction of sp³-hybridized carbons (Fsp3) is 0.421. The topological polar surface area (TPSA) is 128 Å². The number of benzene rings is 1. The van der Waals surface area contributed by atoms with Crippen molar-refractivity contribution in [1.82, 2.24) is 20.7 Å². The van der Waals surface area contributed by atoms with Crippen LogP contribution < -0.4 is 10.2 Å². The number of nitrogens with one attached hydrogen (secondary N) is 2. The number of amides is 1. The molecule has 1 amide bonds. The van der Waals surface area contributed by atoms with Gasteiger partial charge in [0.05, 0.1) is 0 Å². The number of likely N-dealkylation sites (N-methyl/N-ethyl adjacent to an activating group) is 1. The molecule has 0 aliphatic rings. The largest absolute Gasteiger partial charge is 0.480 e. The van der Waals surface area contributed by atoms with E-state index in [0.29, 0.717) is 30.0 Å². The van der Waals surface area contributed by atoms with E-state index in [1.165, 1.54) is 11.8 Å². The van der Waals surface area contributed by atoms with Gasteiger partial charge in [-0.1, -0.05) is 28.1 Å². The molecule has 9 nitrogen and oxygen atoms in total. The van der Waals surface area contributed by atoms with Crippen molar-refractivity contribution in [1.29, 1.82) is 0 Å². The highest BCUT2D eigenvalue weighted by atomic mass is 79.9. The van der Waals surface area contributed by atoms with Crippen molar-refractivity contribution in [2.45, 2.75) is 31.8 Å². The van der Waals surface area contributed by atoms with E-state index in [0.717, 1.165) is 4.47 Å². The predicted molar refractivity (Wildman–Crippen MR) is 119 cm³/mol. The summed E-state index contributed by atoms with van der Waals surface area (Å²) in [6.45, 7) is 1.80. The van der Waals surface area contributed by atoms with Gasteiger partial charge in [-0.15, -0.1) is 5.10 Å². The number of carboxylic acids is 1. The standard InChI is InChI=1S/C19H24BrN5O4S/c1-4-14(18(27)21-13(19(28)29)9-10-30-3)25(2)17-15(22-24-23-17)16(26)11-5-7-12(20)8-6-11/h5-8,13-14H,4,9-10H2,1-3H3,(H,21,27)(H,28,29)(H,22,23,24)/t13-,14?/m0/s1. The van der Waals surface area contributed by atoms with Crippen LogP contribution in [0.4, 0.5) is 5.82 Å². The third-order valence-electron chi connectivity index (χ3n) is 4.59. The second kappa shape index (κ2) is 11.1. The lowest BCUT2D eigenvalue weighted by Crippen LogP contribution is -2.51. The van der Waals surface area contributed by atoms with E-state index in [9.17, 15) is 19.5 Å². The predicted octanol–water partition coefficient (Wildman–Crippen LogP) is 2.34. The Kier molecular flexibility index (Phi) is 8.85. The summed E-state index contributed by atoms with van der Waals surface area (Å²) in [5.41, 5.74) is 0.519. The van der Waals surface area contributed by atoms with E-state index in [1.807, 2.05) is 6.26 Å². The number of ketones is 1. The summed E-state index contributed by atoms with van der Waals surface area (Å²) in [4.78, 5) is 38.7. The zero-order chi connectivity index (χ0) is 22.3. The minimum atomic E-state index is -1.08. The zero-order valence-electron chi connectivity index (χ0n) is 16.9. The molecule has 11 heteroatoms. The van der Waals surface area contributed by atoms with Crippen molar-refractivity contribution in [2.75, 3.05) is 24.0 Å². The smallest absolute Gasteiger partial charge is 0.326 e. The van der Waals surface area contributed by atoms with Crippen molar-refractivity contribution in [3.63, 3.8) is 0 Å². The van der Waals surface area contributed by atoms with E-state index in [1.54, 1.807) is 43.1 Å². The van der Waals surface area contributed by atoms with Gasteiger partial charge in [-0.2, -0.15) is 11.8 Å². The minimum Gasteiger partial charge on any atom is -0.480 e.